The first-order valence-electron chi connectivity index (χ1n) is 6.19. The van der Waals surface area contributed by atoms with Gasteiger partial charge in [-0.1, -0.05) is 13.8 Å². The highest BCUT2D eigenvalue weighted by atomic mass is 32.2. The molecular weight excluding hydrogens is 296 g/mol. The normalized spacial score (nSPS) is 12.0. The molecule has 6 nitrogen and oxygen atoms in total. The van der Waals surface area contributed by atoms with E-state index in [0.29, 0.717) is 17.7 Å². The molecule has 0 unspecified atom stereocenters. The molecule has 8 heteroatoms. The number of hydrogen-bond acceptors (Lipinski definition) is 5. The number of hydrogen-bond donors (Lipinski definition) is 2. The van der Waals surface area contributed by atoms with Crippen LogP contribution in [0.25, 0.3) is 0 Å². The van der Waals surface area contributed by atoms with E-state index in [-0.39, 0.29) is 4.90 Å². The quantitative estimate of drug-likeness (QED) is 0.852. The van der Waals surface area contributed by atoms with Crippen molar-refractivity contribution in [1.29, 1.82) is 0 Å². The maximum atomic E-state index is 12.2. The number of aryl methyl sites for hydroxylation is 1. The van der Waals surface area contributed by atoms with Crippen LogP contribution in [-0.2, 0) is 23.6 Å². The lowest BCUT2D eigenvalue weighted by Crippen LogP contribution is -2.22. The molecule has 0 aliphatic heterocycles. The fourth-order valence-electron chi connectivity index (χ4n) is 1.66. The van der Waals surface area contributed by atoms with Gasteiger partial charge in [-0.2, -0.15) is 0 Å². The zero-order chi connectivity index (χ0) is 14.8. The van der Waals surface area contributed by atoms with Gasteiger partial charge in [0.1, 0.15) is 4.90 Å². The Labute approximate surface area is 122 Å². The summed E-state index contributed by atoms with van der Waals surface area (Å²) >= 11 is 1.25. The van der Waals surface area contributed by atoms with E-state index in [1.807, 2.05) is 25.5 Å². The standard InChI is InChI=1S/C12H18N4O2S2/c1-9(2)14-7-10-6-11(8-16(10)3)20(17,18)15-12-13-4-5-19-12/h4-6,8-9,14H,7H2,1-3H3,(H,13,15). The Morgan fingerprint density at radius 2 is 2.20 bits per heavy atom. The summed E-state index contributed by atoms with van der Waals surface area (Å²) in [6.45, 7) is 4.72. The number of rotatable bonds is 6. The average Bonchev–Trinajstić information content (AvgIpc) is 2.96. The van der Waals surface area contributed by atoms with Gasteiger partial charge in [0.05, 0.1) is 0 Å². The van der Waals surface area contributed by atoms with Gasteiger partial charge in [-0.05, 0) is 6.07 Å². The molecule has 2 N–H and O–H groups in total. The van der Waals surface area contributed by atoms with Crippen molar-refractivity contribution in [2.24, 2.45) is 7.05 Å². The van der Waals surface area contributed by atoms with Crippen LogP contribution in [0.4, 0.5) is 5.13 Å². The molecule has 0 aromatic carbocycles. The van der Waals surface area contributed by atoms with E-state index in [1.54, 1.807) is 23.8 Å². The summed E-state index contributed by atoms with van der Waals surface area (Å²) in [5.41, 5.74) is 0.915. The number of nitrogens with zero attached hydrogens (tertiary/aromatic N) is 2. The lowest BCUT2D eigenvalue weighted by molar-refractivity contribution is 0.571. The third-order valence-electron chi connectivity index (χ3n) is 2.74. The SMILES string of the molecule is CC(C)NCc1cc(S(=O)(=O)Nc2nccs2)cn1C. The van der Waals surface area contributed by atoms with Crippen LogP contribution in [0.15, 0.2) is 28.7 Å². The van der Waals surface area contributed by atoms with Crippen LogP contribution in [0, 0.1) is 0 Å². The van der Waals surface area contributed by atoms with Gasteiger partial charge in [-0.15, -0.1) is 11.3 Å². The molecule has 0 radical (unpaired) electrons. The molecule has 0 saturated carbocycles. The Balaban J connectivity index is 2.18. The van der Waals surface area contributed by atoms with Gasteiger partial charge in [0, 0.05) is 43.1 Å². The van der Waals surface area contributed by atoms with Crippen molar-refractivity contribution in [1.82, 2.24) is 14.9 Å². The average molecular weight is 314 g/mol. The molecule has 0 bridgehead atoms. The van der Waals surface area contributed by atoms with Gasteiger partial charge < -0.3 is 9.88 Å². The molecule has 110 valence electrons. The highest BCUT2D eigenvalue weighted by Crippen LogP contribution is 2.19. The largest absolute Gasteiger partial charge is 0.352 e. The molecule has 2 aromatic heterocycles. The Hall–Kier alpha value is -1.38. The monoisotopic (exact) mass is 314 g/mol. The summed E-state index contributed by atoms with van der Waals surface area (Å²) in [6, 6.07) is 2.02. The molecule has 0 fully saturated rings. The molecule has 0 amide bonds. The summed E-state index contributed by atoms with van der Waals surface area (Å²) in [6.07, 6.45) is 3.17. The van der Waals surface area contributed by atoms with E-state index in [2.05, 4.69) is 15.0 Å². The van der Waals surface area contributed by atoms with Crippen LogP contribution in [0.5, 0.6) is 0 Å². The first kappa shape index (κ1) is 15.0. The fraction of sp³-hybridized carbons (Fsp3) is 0.417. The minimum absolute atomic E-state index is 0.246. The van der Waals surface area contributed by atoms with E-state index in [4.69, 9.17) is 0 Å². The van der Waals surface area contributed by atoms with Gasteiger partial charge in [0.25, 0.3) is 10.0 Å². The molecule has 0 atom stereocenters. The lowest BCUT2D eigenvalue weighted by Gasteiger charge is -2.08. The maximum absolute atomic E-state index is 12.2. The molecule has 0 aliphatic rings. The topological polar surface area (TPSA) is 76.0 Å². The number of nitrogens with one attached hydrogen (secondary N) is 2. The molecule has 2 aromatic rings. The maximum Gasteiger partial charge on any atom is 0.265 e. The Bertz CT molecular complexity index is 660. The van der Waals surface area contributed by atoms with Crippen LogP contribution < -0.4 is 10.0 Å². The summed E-state index contributed by atoms with van der Waals surface area (Å²) in [4.78, 5) is 4.17. The van der Waals surface area contributed by atoms with Crippen LogP contribution in [0.1, 0.15) is 19.5 Å². The third-order valence-corrected chi connectivity index (χ3v) is 4.86. The highest BCUT2D eigenvalue weighted by Gasteiger charge is 2.18. The predicted molar refractivity (Wildman–Crippen MR) is 80.3 cm³/mol. The summed E-state index contributed by atoms with van der Waals surface area (Å²) in [5, 5.41) is 5.36. The van der Waals surface area contributed by atoms with E-state index in [9.17, 15) is 8.42 Å². The minimum atomic E-state index is -3.57. The second-order valence-electron chi connectivity index (χ2n) is 4.76. The molecule has 0 saturated heterocycles. The molecule has 0 spiro atoms. The van der Waals surface area contributed by atoms with Crippen molar-refractivity contribution in [3.63, 3.8) is 0 Å². The van der Waals surface area contributed by atoms with Crippen LogP contribution in [0.2, 0.25) is 0 Å². The number of sulfonamides is 1. The highest BCUT2D eigenvalue weighted by molar-refractivity contribution is 7.93. The van der Waals surface area contributed by atoms with Crippen molar-refractivity contribution in [2.45, 2.75) is 31.3 Å². The number of aromatic nitrogens is 2. The first-order valence-corrected chi connectivity index (χ1v) is 8.55. The zero-order valence-corrected chi connectivity index (χ0v) is 13.3. The van der Waals surface area contributed by atoms with Crippen LogP contribution >= 0.6 is 11.3 Å². The molecule has 2 rings (SSSR count). The van der Waals surface area contributed by atoms with E-state index >= 15 is 0 Å². The Kier molecular flexibility index (Phi) is 4.46. The second kappa shape index (κ2) is 5.94. The van der Waals surface area contributed by atoms with Gasteiger partial charge in [-0.3, -0.25) is 4.72 Å². The summed E-state index contributed by atoms with van der Waals surface area (Å²) in [5.74, 6) is 0. The molecular formula is C12H18N4O2S2. The van der Waals surface area contributed by atoms with E-state index in [0.717, 1.165) is 5.69 Å². The smallest absolute Gasteiger partial charge is 0.265 e. The minimum Gasteiger partial charge on any atom is -0.352 e. The van der Waals surface area contributed by atoms with E-state index in [1.165, 1.54) is 11.3 Å². The van der Waals surface area contributed by atoms with Gasteiger partial charge in [0.2, 0.25) is 0 Å². The Morgan fingerprint density at radius 3 is 2.80 bits per heavy atom. The van der Waals surface area contributed by atoms with Crippen molar-refractivity contribution in [3.8, 4) is 0 Å². The summed E-state index contributed by atoms with van der Waals surface area (Å²) in [7, 11) is -1.74. The summed E-state index contributed by atoms with van der Waals surface area (Å²) < 4.78 is 28.7. The van der Waals surface area contributed by atoms with Gasteiger partial charge in [-0.25, -0.2) is 13.4 Å². The van der Waals surface area contributed by atoms with Crippen molar-refractivity contribution in [3.05, 3.63) is 29.5 Å². The van der Waals surface area contributed by atoms with E-state index < -0.39 is 10.0 Å². The predicted octanol–water partition coefficient (Wildman–Crippen LogP) is 1.78. The second-order valence-corrected chi connectivity index (χ2v) is 7.33. The van der Waals surface area contributed by atoms with Crippen molar-refractivity contribution < 1.29 is 8.42 Å². The fourth-order valence-corrected chi connectivity index (χ4v) is 3.54. The van der Waals surface area contributed by atoms with Crippen molar-refractivity contribution >= 4 is 26.5 Å². The number of anilines is 1. The van der Waals surface area contributed by atoms with Crippen LogP contribution in [0.3, 0.4) is 0 Å². The molecule has 20 heavy (non-hydrogen) atoms. The Morgan fingerprint density at radius 1 is 1.45 bits per heavy atom. The molecule has 2 heterocycles. The zero-order valence-electron chi connectivity index (χ0n) is 11.6. The van der Waals surface area contributed by atoms with Crippen molar-refractivity contribution in [2.75, 3.05) is 4.72 Å². The van der Waals surface area contributed by atoms with Gasteiger partial charge >= 0.3 is 0 Å². The third kappa shape index (κ3) is 3.59. The van der Waals surface area contributed by atoms with Crippen LogP contribution in [-0.4, -0.2) is 24.0 Å². The lowest BCUT2D eigenvalue weighted by atomic mass is 10.3. The number of thiazole rings is 1. The molecule has 0 aliphatic carbocycles. The van der Waals surface area contributed by atoms with Gasteiger partial charge in [0.15, 0.2) is 5.13 Å². The first-order chi connectivity index (χ1) is 9.38.